The van der Waals surface area contributed by atoms with E-state index in [9.17, 15) is 19.8 Å². The summed E-state index contributed by atoms with van der Waals surface area (Å²) in [5.41, 5.74) is 3.21. The fraction of sp³-hybridized carbons (Fsp3) is 0.333. The smallest absolute Gasteiger partial charge is 0.166 e. The number of ketones is 2. The number of rotatable bonds is 20. The lowest BCUT2D eigenvalue weighted by Gasteiger charge is -2.27. The third kappa shape index (κ3) is 11.2. The molecule has 0 unspecified atom stereocenters. The Morgan fingerprint density at radius 2 is 1.00 bits per heavy atom. The van der Waals surface area contributed by atoms with Gasteiger partial charge in [-0.2, -0.15) is 0 Å². The van der Waals surface area contributed by atoms with Crippen molar-refractivity contribution in [3.63, 3.8) is 0 Å². The molecule has 0 bridgehead atoms. The van der Waals surface area contributed by atoms with Gasteiger partial charge in [-0.1, -0.05) is 91.9 Å². The second-order valence-corrected chi connectivity index (χ2v) is 11.5. The third-order valence-electron chi connectivity index (χ3n) is 7.68. The first kappa shape index (κ1) is 34.6. The minimum Gasteiger partial charge on any atom is -0.490 e. The Kier molecular flexibility index (Phi) is 14.0. The Morgan fingerprint density at radius 3 is 1.41 bits per heavy atom. The molecular weight excluding hydrogens is 578 g/mol. The largest absolute Gasteiger partial charge is 0.490 e. The number of para-hydroxylation sites is 2. The molecule has 4 aromatic carbocycles. The number of Topliss-reactive ketones (excluding diaryl/α,β-unsaturated/α-hetero) is 2. The average molecular weight is 624 g/mol. The van der Waals surface area contributed by atoms with Crippen LogP contribution in [0.15, 0.2) is 109 Å². The lowest BCUT2D eigenvalue weighted by atomic mass is 10.0. The molecule has 2 N–H and O–H groups in total. The van der Waals surface area contributed by atoms with Gasteiger partial charge in [-0.15, -0.1) is 0 Å². The topological polar surface area (TPSA) is 96.3 Å². The summed E-state index contributed by atoms with van der Waals surface area (Å²) >= 11 is 0. The number of carbonyl (C=O) groups excluding carboxylic acids is 2. The zero-order valence-electron chi connectivity index (χ0n) is 26.6. The maximum atomic E-state index is 13.0. The lowest BCUT2D eigenvalue weighted by molar-refractivity contribution is 0.0310. The van der Waals surface area contributed by atoms with Gasteiger partial charge in [0.1, 0.15) is 36.9 Å². The molecule has 0 saturated carbocycles. The molecule has 0 aromatic heterocycles. The molecule has 7 nitrogen and oxygen atoms in total. The zero-order valence-corrected chi connectivity index (χ0v) is 26.6. The van der Waals surface area contributed by atoms with Crippen LogP contribution in [0.2, 0.25) is 0 Å². The highest BCUT2D eigenvalue weighted by Crippen LogP contribution is 2.22. The molecule has 4 aromatic rings. The van der Waals surface area contributed by atoms with Gasteiger partial charge in [0, 0.05) is 25.9 Å². The van der Waals surface area contributed by atoms with E-state index in [-0.39, 0.29) is 37.9 Å². The van der Waals surface area contributed by atoms with Crippen molar-refractivity contribution in [2.75, 3.05) is 32.8 Å². The van der Waals surface area contributed by atoms with Crippen molar-refractivity contribution in [1.82, 2.24) is 4.90 Å². The second-order valence-electron chi connectivity index (χ2n) is 11.5. The molecule has 4 rings (SSSR count). The molecule has 0 aliphatic heterocycles. The summed E-state index contributed by atoms with van der Waals surface area (Å²) in [6.45, 7) is 3.28. The van der Waals surface area contributed by atoms with Crippen LogP contribution in [0.1, 0.15) is 58.0 Å². The van der Waals surface area contributed by atoms with E-state index in [4.69, 9.17) is 9.47 Å². The van der Waals surface area contributed by atoms with E-state index in [2.05, 4.69) is 0 Å². The first-order valence-corrected chi connectivity index (χ1v) is 16.1. The number of carbonyl (C=O) groups is 2. The van der Waals surface area contributed by atoms with Crippen LogP contribution in [0.25, 0.3) is 0 Å². The molecule has 0 radical (unpaired) electrons. The van der Waals surface area contributed by atoms with Gasteiger partial charge in [-0.3, -0.25) is 14.5 Å². The molecule has 0 fully saturated rings. The Hall–Kier alpha value is -4.30. The van der Waals surface area contributed by atoms with Crippen molar-refractivity contribution in [3.05, 3.63) is 131 Å². The number of benzene rings is 4. The van der Waals surface area contributed by atoms with Gasteiger partial charge in [-0.25, -0.2) is 0 Å². The number of aliphatic hydroxyl groups is 2. The van der Waals surface area contributed by atoms with E-state index in [1.165, 1.54) is 0 Å². The predicted octanol–water partition coefficient (Wildman–Crippen LogP) is 6.21. The molecule has 46 heavy (non-hydrogen) atoms. The number of aryl methyl sites for hydroxylation is 2. The summed E-state index contributed by atoms with van der Waals surface area (Å²) in [7, 11) is 0. The summed E-state index contributed by atoms with van der Waals surface area (Å²) in [4.78, 5) is 27.9. The van der Waals surface area contributed by atoms with Crippen LogP contribution >= 0.6 is 0 Å². The van der Waals surface area contributed by atoms with E-state index in [0.29, 0.717) is 54.9 Å². The van der Waals surface area contributed by atoms with Crippen LogP contribution in [0.4, 0.5) is 0 Å². The summed E-state index contributed by atoms with van der Waals surface area (Å²) in [5.74, 6) is 0.882. The van der Waals surface area contributed by atoms with Crippen LogP contribution in [0.3, 0.4) is 0 Å². The lowest BCUT2D eigenvalue weighted by Crippen LogP contribution is -2.42. The van der Waals surface area contributed by atoms with E-state index < -0.39 is 12.2 Å². The van der Waals surface area contributed by atoms with Gasteiger partial charge in [-0.05, 0) is 61.2 Å². The Bertz CT molecular complexity index is 1380. The Balaban J connectivity index is 1.25. The molecule has 0 aliphatic carbocycles. The summed E-state index contributed by atoms with van der Waals surface area (Å²) in [6, 6.07) is 34.0. The maximum Gasteiger partial charge on any atom is 0.166 e. The zero-order chi connectivity index (χ0) is 32.6. The van der Waals surface area contributed by atoms with Crippen LogP contribution in [0, 0.1) is 0 Å². The average Bonchev–Trinajstić information content (AvgIpc) is 3.09. The van der Waals surface area contributed by atoms with E-state index in [0.717, 1.165) is 17.5 Å². The van der Waals surface area contributed by atoms with E-state index in [1.54, 1.807) is 24.3 Å². The second kappa shape index (κ2) is 18.6. The number of aliphatic hydroxyl groups excluding tert-OH is 2. The van der Waals surface area contributed by atoms with Gasteiger partial charge in [0.15, 0.2) is 11.6 Å². The normalized spacial score (nSPS) is 12.4. The van der Waals surface area contributed by atoms with Crippen molar-refractivity contribution in [2.45, 2.75) is 51.2 Å². The van der Waals surface area contributed by atoms with Crippen molar-refractivity contribution in [2.24, 2.45) is 0 Å². The van der Waals surface area contributed by atoms with Crippen molar-refractivity contribution >= 4 is 11.6 Å². The highest BCUT2D eigenvalue weighted by molar-refractivity contribution is 5.99. The Labute approximate surface area is 272 Å². The minimum atomic E-state index is -0.838. The minimum absolute atomic E-state index is 0.00819. The highest BCUT2D eigenvalue weighted by Gasteiger charge is 2.19. The summed E-state index contributed by atoms with van der Waals surface area (Å²) in [6.07, 6.45) is 1.17. The van der Waals surface area contributed by atoms with Gasteiger partial charge in [0.05, 0.1) is 11.1 Å². The standard InChI is InChI=1S/C39H45NO6/c1-2-25-40(26-32(41)28-45-38-19-11-9-17-34(38)36(43)23-21-30-13-5-3-6-14-30)27-33(42)29-46-39-20-12-10-18-35(39)37(44)24-22-31-15-7-4-8-16-31/h3-20,32-33,41-42H,2,21-29H2,1H3/t32-,33+. The van der Waals surface area contributed by atoms with Gasteiger partial charge >= 0.3 is 0 Å². The van der Waals surface area contributed by atoms with Crippen molar-refractivity contribution < 1.29 is 29.3 Å². The van der Waals surface area contributed by atoms with E-state index in [1.807, 2.05) is 96.8 Å². The molecule has 2 atom stereocenters. The molecule has 0 amide bonds. The highest BCUT2D eigenvalue weighted by atomic mass is 16.5. The van der Waals surface area contributed by atoms with Crippen LogP contribution in [-0.4, -0.2) is 71.7 Å². The first-order chi connectivity index (χ1) is 22.4. The van der Waals surface area contributed by atoms with Gasteiger partial charge < -0.3 is 19.7 Å². The van der Waals surface area contributed by atoms with Crippen molar-refractivity contribution in [3.8, 4) is 11.5 Å². The molecular formula is C39H45NO6. The quantitative estimate of drug-likeness (QED) is 0.113. The molecule has 0 aliphatic rings. The number of hydrogen-bond acceptors (Lipinski definition) is 7. The van der Waals surface area contributed by atoms with Crippen LogP contribution in [-0.2, 0) is 12.8 Å². The Morgan fingerprint density at radius 1 is 0.609 bits per heavy atom. The fourth-order valence-corrected chi connectivity index (χ4v) is 5.37. The maximum absolute atomic E-state index is 13.0. The number of nitrogens with zero attached hydrogens (tertiary/aromatic N) is 1. The first-order valence-electron chi connectivity index (χ1n) is 16.1. The number of hydrogen-bond donors (Lipinski definition) is 2. The molecule has 0 heterocycles. The van der Waals surface area contributed by atoms with Crippen molar-refractivity contribution in [1.29, 1.82) is 0 Å². The summed E-state index contributed by atoms with van der Waals surface area (Å²) in [5, 5.41) is 21.7. The molecule has 0 saturated heterocycles. The predicted molar refractivity (Wildman–Crippen MR) is 181 cm³/mol. The van der Waals surface area contributed by atoms with Gasteiger partial charge in [0.2, 0.25) is 0 Å². The van der Waals surface area contributed by atoms with Crippen LogP contribution in [0.5, 0.6) is 11.5 Å². The fourth-order valence-electron chi connectivity index (χ4n) is 5.37. The summed E-state index contributed by atoms with van der Waals surface area (Å²) < 4.78 is 11.9. The SMILES string of the molecule is CCCN(C[C@H](O)COc1ccccc1C(=O)CCc1ccccc1)C[C@@H](O)COc1ccccc1C(=O)CCc1ccccc1. The number of ether oxygens (including phenoxy) is 2. The monoisotopic (exact) mass is 623 g/mol. The molecule has 0 spiro atoms. The molecule has 242 valence electrons. The van der Waals surface area contributed by atoms with Gasteiger partial charge in [0.25, 0.3) is 0 Å². The van der Waals surface area contributed by atoms with Crippen LogP contribution < -0.4 is 9.47 Å². The van der Waals surface area contributed by atoms with E-state index >= 15 is 0 Å². The third-order valence-corrected chi connectivity index (χ3v) is 7.68. The molecule has 7 heteroatoms.